The molecule has 0 saturated heterocycles. The number of hydrogen-bond donors (Lipinski definition) is 1. The summed E-state index contributed by atoms with van der Waals surface area (Å²) in [4.78, 5) is 23.6. The van der Waals surface area contributed by atoms with E-state index in [4.69, 9.17) is 49.0 Å². The molecule has 2 aromatic carbocycles. The highest BCUT2D eigenvalue weighted by Crippen LogP contribution is 2.27. The fraction of sp³-hybridized carbons (Fsp3) is 0.222. The molecule has 2 rings (SSSR count). The number of esters is 1. The highest BCUT2D eigenvalue weighted by Gasteiger charge is 2.19. The van der Waals surface area contributed by atoms with Gasteiger partial charge in [-0.05, 0) is 43.3 Å². The van der Waals surface area contributed by atoms with E-state index >= 15 is 0 Å². The zero-order chi connectivity index (χ0) is 19.8. The van der Waals surface area contributed by atoms with E-state index in [-0.39, 0.29) is 13.2 Å². The molecule has 0 saturated carbocycles. The first kappa shape index (κ1) is 21.2. The lowest BCUT2D eigenvalue weighted by molar-refractivity contribution is -0.153. The normalized spacial score (nSPS) is 11.4. The van der Waals surface area contributed by atoms with E-state index in [0.717, 1.165) is 0 Å². The van der Waals surface area contributed by atoms with Crippen LogP contribution in [0.1, 0.15) is 6.92 Å². The molecule has 0 bridgehead atoms. The van der Waals surface area contributed by atoms with E-state index in [0.29, 0.717) is 26.5 Å². The van der Waals surface area contributed by atoms with E-state index in [9.17, 15) is 9.59 Å². The van der Waals surface area contributed by atoms with Crippen molar-refractivity contribution in [3.05, 3.63) is 57.5 Å². The molecule has 1 N–H and O–H groups in total. The Morgan fingerprint density at radius 1 is 1.04 bits per heavy atom. The van der Waals surface area contributed by atoms with Crippen LogP contribution < -0.4 is 10.1 Å². The number of hydrogen-bond acceptors (Lipinski definition) is 5. The summed E-state index contributed by atoms with van der Waals surface area (Å²) in [6.07, 6.45) is -1.89. The first-order valence-corrected chi connectivity index (χ1v) is 8.96. The highest BCUT2D eigenvalue weighted by molar-refractivity contribution is 6.35. The first-order valence-electron chi connectivity index (χ1n) is 7.83. The Morgan fingerprint density at radius 3 is 2.48 bits per heavy atom. The molecule has 0 aromatic heterocycles. The fourth-order valence-electron chi connectivity index (χ4n) is 1.93. The molecule has 0 heterocycles. The molecule has 1 amide bonds. The molecule has 6 nitrogen and oxygen atoms in total. The summed E-state index contributed by atoms with van der Waals surface area (Å²) >= 11 is 17.6. The van der Waals surface area contributed by atoms with Crippen molar-refractivity contribution in [2.24, 2.45) is 0 Å². The second kappa shape index (κ2) is 10.3. The molecule has 0 aliphatic carbocycles. The topological polar surface area (TPSA) is 73.9 Å². The van der Waals surface area contributed by atoms with Gasteiger partial charge in [0, 0.05) is 15.7 Å². The quantitative estimate of drug-likeness (QED) is 0.480. The summed E-state index contributed by atoms with van der Waals surface area (Å²) in [5.74, 6) is -0.288. The van der Waals surface area contributed by atoms with Crippen molar-refractivity contribution in [2.45, 2.75) is 13.0 Å². The van der Waals surface area contributed by atoms with Crippen LogP contribution in [-0.4, -0.2) is 31.4 Å². The van der Waals surface area contributed by atoms with Crippen LogP contribution in [0.4, 0.5) is 10.5 Å². The van der Waals surface area contributed by atoms with Crippen LogP contribution in [0.25, 0.3) is 0 Å². The first-order chi connectivity index (χ1) is 12.8. The van der Waals surface area contributed by atoms with Crippen molar-refractivity contribution in [1.82, 2.24) is 0 Å². The van der Waals surface area contributed by atoms with Crippen molar-refractivity contribution >= 4 is 52.6 Å². The van der Waals surface area contributed by atoms with Gasteiger partial charge in [0.05, 0.1) is 5.02 Å². The van der Waals surface area contributed by atoms with Crippen LogP contribution in [0.2, 0.25) is 15.1 Å². The molecule has 0 aliphatic heterocycles. The molecular formula is C18H16Cl3NO5. The van der Waals surface area contributed by atoms with Crippen molar-refractivity contribution in [3.63, 3.8) is 0 Å². The lowest BCUT2D eigenvalue weighted by Crippen LogP contribution is -2.29. The summed E-state index contributed by atoms with van der Waals surface area (Å²) in [6, 6.07) is 11.3. The molecule has 0 aliphatic rings. The summed E-state index contributed by atoms with van der Waals surface area (Å²) < 4.78 is 15.4. The van der Waals surface area contributed by atoms with Crippen molar-refractivity contribution in [2.75, 3.05) is 18.5 Å². The van der Waals surface area contributed by atoms with Crippen LogP contribution in [0.3, 0.4) is 0 Å². The summed E-state index contributed by atoms with van der Waals surface area (Å²) in [5.41, 5.74) is 0.446. The van der Waals surface area contributed by atoms with Gasteiger partial charge >= 0.3 is 12.1 Å². The van der Waals surface area contributed by atoms with Crippen molar-refractivity contribution < 1.29 is 23.8 Å². The molecule has 0 radical (unpaired) electrons. The van der Waals surface area contributed by atoms with E-state index in [1.165, 1.54) is 6.92 Å². The van der Waals surface area contributed by atoms with Gasteiger partial charge in [-0.1, -0.05) is 40.9 Å². The number of carbonyl (C=O) groups excluding carboxylic acids is 2. The Labute approximate surface area is 171 Å². The third kappa shape index (κ3) is 7.17. The Balaban J connectivity index is 1.71. The van der Waals surface area contributed by atoms with Gasteiger partial charge in [-0.3, -0.25) is 5.32 Å². The second-order valence-electron chi connectivity index (χ2n) is 5.27. The van der Waals surface area contributed by atoms with E-state index in [2.05, 4.69) is 5.32 Å². The molecule has 9 heteroatoms. The lowest BCUT2D eigenvalue weighted by atomic mass is 10.3. The fourth-order valence-corrected chi connectivity index (χ4v) is 2.58. The molecule has 0 fully saturated rings. The molecule has 144 valence electrons. The second-order valence-corrected chi connectivity index (χ2v) is 6.55. The number of anilines is 1. The van der Waals surface area contributed by atoms with Gasteiger partial charge in [-0.2, -0.15) is 0 Å². The SMILES string of the molecule is C[C@@H](OC(=O)Nc1cccc(Cl)c1)C(=O)OCCOc1ccc(Cl)cc1Cl. The van der Waals surface area contributed by atoms with Gasteiger partial charge < -0.3 is 14.2 Å². The van der Waals surface area contributed by atoms with Gasteiger partial charge in [0.1, 0.15) is 19.0 Å². The minimum atomic E-state index is -1.09. The standard InChI is InChI=1S/C18H16Cl3NO5/c1-11(27-18(24)22-14-4-2-3-12(19)9-14)17(23)26-8-7-25-16-6-5-13(20)10-15(16)21/h2-6,9-11H,7-8H2,1H3,(H,22,24)/t11-/m1/s1. The van der Waals surface area contributed by atoms with Gasteiger partial charge in [-0.15, -0.1) is 0 Å². The van der Waals surface area contributed by atoms with E-state index in [1.807, 2.05) is 0 Å². The largest absolute Gasteiger partial charge is 0.488 e. The predicted molar refractivity (Wildman–Crippen MR) is 104 cm³/mol. The lowest BCUT2D eigenvalue weighted by Gasteiger charge is -2.14. The smallest absolute Gasteiger partial charge is 0.412 e. The van der Waals surface area contributed by atoms with E-state index in [1.54, 1.807) is 42.5 Å². The van der Waals surface area contributed by atoms with Crippen molar-refractivity contribution in [1.29, 1.82) is 0 Å². The number of carbonyl (C=O) groups is 2. The minimum Gasteiger partial charge on any atom is -0.488 e. The Morgan fingerprint density at radius 2 is 1.78 bits per heavy atom. The van der Waals surface area contributed by atoms with Crippen LogP contribution in [-0.2, 0) is 14.3 Å². The molecular weight excluding hydrogens is 417 g/mol. The highest BCUT2D eigenvalue weighted by atomic mass is 35.5. The van der Waals surface area contributed by atoms with Gasteiger partial charge in [0.15, 0.2) is 6.10 Å². The molecule has 27 heavy (non-hydrogen) atoms. The zero-order valence-corrected chi connectivity index (χ0v) is 16.5. The van der Waals surface area contributed by atoms with Crippen LogP contribution in [0.15, 0.2) is 42.5 Å². The van der Waals surface area contributed by atoms with Crippen LogP contribution >= 0.6 is 34.8 Å². The minimum absolute atomic E-state index is 0.0403. The maximum absolute atomic E-state index is 11.9. The number of halogens is 3. The number of nitrogens with one attached hydrogen (secondary N) is 1. The third-order valence-corrected chi connectivity index (χ3v) is 3.93. The summed E-state index contributed by atoms with van der Waals surface area (Å²) in [6.45, 7) is 1.44. The Kier molecular flexibility index (Phi) is 8.03. The number of rotatable bonds is 7. The van der Waals surface area contributed by atoms with Crippen LogP contribution in [0.5, 0.6) is 5.75 Å². The average Bonchev–Trinajstić information content (AvgIpc) is 2.59. The van der Waals surface area contributed by atoms with Crippen LogP contribution in [0, 0.1) is 0 Å². The number of benzene rings is 2. The number of ether oxygens (including phenoxy) is 3. The van der Waals surface area contributed by atoms with E-state index < -0.39 is 18.2 Å². The zero-order valence-electron chi connectivity index (χ0n) is 14.2. The van der Waals surface area contributed by atoms with Gasteiger partial charge in [-0.25, -0.2) is 9.59 Å². The molecule has 1 atom stereocenters. The summed E-state index contributed by atoms with van der Waals surface area (Å²) in [5, 5.41) is 3.76. The monoisotopic (exact) mass is 431 g/mol. The molecule has 0 spiro atoms. The maximum atomic E-state index is 11.9. The Hall–Kier alpha value is -2.15. The Bertz CT molecular complexity index is 815. The van der Waals surface area contributed by atoms with Gasteiger partial charge in [0.25, 0.3) is 0 Å². The van der Waals surface area contributed by atoms with Crippen molar-refractivity contribution in [3.8, 4) is 5.75 Å². The average molecular weight is 433 g/mol. The van der Waals surface area contributed by atoms with Gasteiger partial charge in [0.2, 0.25) is 0 Å². The predicted octanol–water partition coefficient (Wildman–Crippen LogP) is 5.21. The molecule has 2 aromatic rings. The number of amides is 1. The maximum Gasteiger partial charge on any atom is 0.412 e. The summed E-state index contributed by atoms with van der Waals surface area (Å²) in [7, 11) is 0. The molecule has 0 unspecified atom stereocenters. The third-order valence-electron chi connectivity index (χ3n) is 3.17.